The fraction of sp³-hybridized carbons (Fsp3) is 0.562. The number of nitrogens with one attached hydrogen (secondary N) is 1. The van der Waals surface area contributed by atoms with Crippen LogP contribution in [0, 0.1) is 5.92 Å². The number of carbonyl (C=O) groups is 1. The molecule has 0 unspecified atom stereocenters. The summed E-state index contributed by atoms with van der Waals surface area (Å²) in [5.41, 5.74) is 0.970. The van der Waals surface area contributed by atoms with Gasteiger partial charge >= 0.3 is 0 Å². The molecule has 0 aromatic heterocycles. The Morgan fingerprint density at radius 3 is 2.71 bits per heavy atom. The van der Waals surface area contributed by atoms with E-state index < -0.39 is 0 Å². The summed E-state index contributed by atoms with van der Waals surface area (Å²) in [6, 6.07) is 5.78. The third kappa shape index (κ3) is 3.91. The van der Waals surface area contributed by atoms with Crippen molar-refractivity contribution in [3.63, 3.8) is 0 Å². The predicted molar refractivity (Wildman–Crippen MR) is 85.6 cm³/mol. The predicted octanol–water partition coefficient (Wildman–Crippen LogP) is 3.48. The van der Waals surface area contributed by atoms with Gasteiger partial charge in [0.15, 0.2) is 0 Å². The van der Waals surface area contributed by atoms with Crippen molar-refractivity contribution in [2.75, 3.05) is 13.1 Å². The molecule has 1 aromatic rings. The van der Waals surface area contributed by atoms with E-state index in [1.54, 1.807) is 6.07 Å². The van der Waals surface area contributed by atoms with Crippen molar-refractivity contribution >= 4 is 29.1 Å². The molecule has 1 saturated heterocycles. The topological polar surface area (TPSA) is 32.3 Å². The number of amides is 1. The van der Waals surface area contributed by atoms with Crippen LogP contribution in [-0.4, -0.2) is 29.9 Å². The number of hydrogen-bond acceptors (Lipinski definition) is 2. The summed E-state index contributed by atoms with van der Waals surface area (Å²) in [7, 11) is 0. The second kappa shape index (κ2) is 6.55. The van der Waals surface area contributed by atoms with Crippen LogP contribution in [0.3, 0.4) is 0 Å². The molecule has 1 aliphatic carbocycles. The van der Waals surface area contributed by atoms with Crippen LogP contribution in [0.25, 0.3) is 0 Å². The quantitative estimate of drug-likeness (QED) is 0.898. The number of carbonyl (C=O) groups excluding carboxylic acids is 1. The number of hydrogen-bond donors (Lipinski definition) is 1. The molecule has 1 heterocycles. The molecule has 2 fully saturated rings. The van der Waals surface area contributed by atoms with Crippen molar-refractivity contribution in [1.29, 1.82) is 0 Å². The first kappa shape index (κ1) is 15.1. The van der Waals surface area contributed by atoms with Crippen LogP contribution in [0.5, 0.6) is 0 Å². The summed E-state index contributed by atoms with van der Waals surface area (Å²) in [5.74, 6) is 0.868. The van der Waals surface area contributed by atoms with E-state index in [9.17, 15) is 4.79 Å². The smallest absolute Gasteiger partial charge is 0.223 e. The van der Waals surface area contributed by atoms with Gasteiger partial charge in [0.2, 0.25) is 5.91 Å². The molecule has 1 aliphatic heterocycles. The molecule has 2 aliphatic rings. The van der Waals surface area contributed by atoms with Gasteiger partial charge in [0.05, 0.1) is 0 Å². The van der Waals surface area contributed by atoms with Gasteiger partial charge in [-0.2, -0.15) is 0 Å². The zero-order valence-corrected chi connectivity index (χ0v) is 13.5. The minimum absolute atomic E-state index is 0.261. The first-order valence-electron chi connectivity index (χ1n) is 7.57. The molecular formula is C16H20Cl2N2O. The van der Waals surface area contributed by atoms with Crippen molar-refractivity contribution in [3.8, 4) is 0 Å². The first-order valence-corrected chi connectivity index (χ1v) is 8.33. The summed E-state index contributed by atoms with van der Waals surface area (Å²) in [4.78, 5) is 14.6. The Bertz CT molecular complexity index is 525. The maximum absolute atomic E-state index is 12.6. The summed E-state index contributed by atoms with van der Waals surface area (Å²) in [5, 5.41) is 4.60. The van der Waals surface area contributed by atoms with Crippen LogP contribution in [0.1, 0.15) is 31.2 Å². The Hall–Kier alpha value is -0.770. The lowest BCUT2D eigenvalue weighted by Crippen LogP contribution is -2.41. The highest BCUT2D eigenvalue weighted by Crippen LogP contribution is 2.34. The van der Waals surface area contributed by atoms with Crippen LogP contribution in [0.15, 0.2) is 18.2 Å². The van der Waals surface area contributed by atoms with Crippen LogP contribution in [0.2, 0.25) is 10.0 Å². The Labute approximate surface area is 135 Å². The highest BCUT2D eigenvalue weighted by atomic mass is 35.5. The zero-order valence-electron chi connectivity index (χ0n) is 11.9. The van der Waals surface area contributed by atoms with Crippen molar-refractivity contribution in [2.45, 2.75) is 38.3 Å². The molecule has 5 heteroatoms. The molecule has 1 saturated carbocycles. The van der Waals surface area contributed by atoms with E-state index in [0.717, 1.165) is 25.1 Å². The molecule has 0 bridgehead atoms. The Morgan fingerprint density at radius 2 is 2.10 bits per heavy atom. The molecule has 114 valence electrons. The van der Waals surface area contributed by atoms with E-state index in [-0.39, 0.29) is 11.9 Å². The van der Waals surface area contributed by atoms with Gasteiger partial charge < -0.3 is 10.2 Å². The van der Waals surface area contributed by atoms with E-state index in [1.165, 1.54) is 12.8 Å². The molecule has 21 heavy (non-hydrogen) atoms. The lowest BCUT2D eigenvalue weighted by atomic mass is 10.1. The van der Waals surface area contributed by atoms with Gasteiger partial charge in [0.25, 0.3) is 0 Å². The fourth-order valence-corrected chi connectivity index (χ4v) is 3.31. The van der Waals surface area contributed by atoms with Gasteiger partial charge in [-0.1, -0.05) is 29.3 Å². The van der Waals surface area contributed by atoms with Crippen molar-refractivity contribution in [2.24, 2.45) is 5.92 Å². The molecular weight excluding hydrogens is 307 g/mol. The highest BCUT2D eigenvalue weighted by molar-refractivity contribution is 6.35. The monoisotopic (exact) mass is 326 g/mol. The lowest BCUT2D eigenvalue weighted by molar-refractivity contribution is -0.134. The number of benzene rings is 1. The molecule has 0 radical (unpaired) electrons. The van der Waals surface area contributed by atoms with Crippen molar-refractivity contribution in [3.05, 3.63) is 33.8 Å². The summed E-state index contributed by atoms with van der Waals surface area (Å²) < 4.78 is 0. The Kier molecular flexibility index (Phi) is 4.72. The molecule has 3 nitrogen and oxygen atoms in total. The van der Waals surface area contributed by atoms with Gasteiger partial charge in [-0.3, -0.25) is 4.79 Å². The largest absolute Gasteiger partial charge is 0.334 e. The van der Waals surface area contributed by atoms with E-state index in [2.05, 4.69) is 5.32 Å². The van der Waals surface area contributed by atoms with Crippen LogP contribution in [0.4, 0.5) is 0 Å². The maximum atomic E-state index is 12.6. The van der Waals surface area contributed by atoms with Gasteiger partial charge in [0, 0.05) is 35.6 Å². The van der Waals surface area contributed by atoms with Gasteiger partial charge in [0.1, 0.15) is 0 Å². The molecule has 1 N–H and O–H groups in total. The second-order valence-corrected chi connectivity index (χ2v) is 6.90. The van der Waals surface area contributed by atoms with E-state index in [1.807, 2.05) is 17.0 Å². The second-order valence-electron chi connectivity index (χ2n) is 6.05. The van der Waals surface area contributed by atoms with E-state index in [0.29, 0.717) is 28.9 Å². The first-order chi connectivity index (χ1) is 10.1. The van der Waals surface area contributed by atoms with Crippen molar-refractivity contribution < 1.29 is 4.79 Å². The molecule has 1 atom stereocenters. The van der Waals surface area contributed by atoms with Crippen molar-refractivity contribution in [1.82, 2.24) is 10.2 Å². The normalized spacial score (nSPS) is 21.5. The van der Waals surface area contributed by atoms with Gasteiger partial charge in [-0.25, -0.2) is 0 Å². The fourth-order valence-electron chi connectivity index (χ4n) is 2.85. The minimum atomic E-state index is 0.261. The standard InChI is InChI=1S/C16H20Cl2N2O/c17-13-4-3-12(15(18)8-13)10-20(14-5-6-19-9-14)16(21)7-11-1-2-11/h3-4,8,11,14,19H,1-2,5-7,9-10H2/t14-/m0/s1. The summed E-state index contributed by atoms with van der Waals surface area (Å²) in [6.45, 7) is 2.43. The highest BCUT2D eigenvalue weighted by Gasteiger charge is 2.31. The van der Waals surface area contributed by atoms with E-state index >= 15 is 0 Å². The average Bonchev–Trinajstić information content (AvgIpc) is 3.09. The van der Waals surface area contributed by atoms with Crippen LogP contribution < -0.4 is 5.32 Å². The summed E-state index contributed by atoms with van der Waals surface area (Å²) in [6.07, 6.45) is 4.09. The number of nitrogens with zero attached hydrogens (tertiary/aromatic N) is 1. The summed E-state index contributed by atoms with van der Waals surface area (Å²) >= 11 is 12.2. The minimum Gasteiger partial charge on any atom is -0.334 e. The average molecular weight is 327 g/mol. The number of rotatable bonds is 5. The van der Waals surface area contributed by atoms with Crippen LogP contribution >= 0.6 is 23.2 Å². The molecule has 1 amide bonds. The Balaban J connectivity index is 1.75. The Morgan fingerprint density at radius 1 is 1.29 bits per heavy atom. The maximum Gasteiger partial charge on any atom is 0.223 e. The lowest BCUT2D eigenvalue weighted by Gasteiger charge is -2.29. The van der Waals surface area contributed by atoms with Crippen LogP contribution in [-0.2, 0) is 11.3 Å². The van der Waals surface area contributed by atoms with Gasteiger partial charge in [-0.05, 0) is 49.4 Å². The molecule has 0 spiro atoms. The molecule has 1 aromatic carbocycles. The number of halogens is 2. The van der Waals surface area contributed by atoms with E-state index in [4.69, 9.17) is 23.2 Å². The SMILES string of the molecule is O=C(CC1CC1)N(Cc1ccc(Cl)cc1Cl)[C@H]1CCNC1. The molecule has 3 rings (SSSR count). The zero-order chi connectivity index (χ0) is 14.8. The van der Waals surface area contributed by atoms with Gasteiger partial charge in [-0.15, -0.1) is 0 Å². The third-order valence-electron chi connectivity index (χ3n) is 4.31. The third-order valence-corrected chi connectivity index (χ3v) is 4.90.